The maximum atomic E-state index is 5.34. The van der Waals surface area contributed by atoms with Gasteiger partial charge in [-0.2, -0.15) is 0 Å². The van der Waals surface area contributed by atoms with E-state index in [9.17, 15) is 0 Å². The second-order valence-electron chi connectivity index (χ2n) is 5.59. The van der Waals surface area contributed by atoms with Crippen LogP contribution in [0.5, 0.6) is 0 Å². The Labute approximate surface area is 118 Å². The van der Waals surface area contributed by atoms with Crippen molar-refractivity contribution in [2.45, 2.75) is 26.1 Å². The monoisotopic (exact) mass is 276 g/mol. The van der Waals surface area contributed by atoms with E-state index in [1.807, 2.05) is 31.9 Å². The van der Waals surface area contributed by atoms with Crippen LogP contribution in [0.3, 0.4) is 0 Å². The third-order valence-electron chi connectivity index (χ3n) is 3.53. The lowest BCUT2D eigenvalue weighted by Gasteiger charge is -2.24. The van der Waals surface area contributed by atoms with Gasteiger partial charge in [-0.25, -0.2) is 0 Å². The van der Waals surface area contributed by atoms with Gasteiger partial charge in [0.25, 0.3) is 0 Å². The Hall–Kier alpha value is -1.73. The molecule has 3 rings (SSSR count). The van der Waals surface area contributed by atoms with Gasteiger partial charge >= 0.3 is 0 Å². The Bertz CT molecular complexity index is 587. The second kappa shape index (κ2) is 5.34. The minimum atomic E-state index is 0.779. The summed E-state index contributed by atoms with van der Waals surface area (Å²) in [5, 5.41) is 12.4. The van der Waals surface area contributed by atoms with Crippen LogP contribution in [0.25, 0.3) is 0 Å². The molecular formula is C13H20N6O. The summed E-state index contributed by atoms with van der Waals surface area (Å²) in [4.78, 5) is 4.39. The molecule has 0 bridgehead atoms. The highest BCUT2D eigenvalue weighted by atomic mass is 16.5. The standard InChI is InChI=1S/C13H20N6O/c1-17(2)8-11-6-10(15-20-11)7-19-5-4-13-12(9-19)14-16-18(13)3/h6H,4-5,7-9H2,1-3H3. The zero-order valence-corrected chi connectivity index (χ0v) is 12.2. The second-order valence-corrected chi connectivity index (χ2v) is 5.59. The first-order chi connectivity index (χ1) is 9.61. The van der Waals surface area contributed by atoms with Crippen LogP contribution in [0, 0.1) is 0 Å². The summed E-state index contributed by atoms with van der Waals surface area (Å²) in [6, 6.07) is 2.03. The van der Waals surface area contributed by atoms with Gasteiger partial charge in [0, 0.05) is 39.2 Å². The lowest BCUT2D eigenvalue weighted by atomic mass is 10.1. The molecule has 0 radical (unpaired) electrons. The van der Waals surface area contributed by atoms with Crippen molar-refractivity contribution in [2.75, 3.05) is 20.6 Å². The topological polar surface area (TPSA) is 63.2 Å². The number of fused-ring (bicyclic) bond motifs is 1. The fourth-order valence-corrected chi connectivity index (χ4v) is 2.58. The molecule has 7 nitrogen and oxygen atoms in total. The summed E-state index contributed by atoms with van der Waals surface area (Å²) in [5.74, 6) is 0.905. The van der Waals surface area contributed by atoms with Gasteiger partial charge in [0.2, 0.25) is 0 Å². The van der Waals surface area contributed by atoms with Crippen LogP contribution in [0.1, 0.15) is 22.8 Å². The normalized spacial score (nSPS) is 15.8. The molecule has 0 saturated carbocycles. The molecule has 0 saturated heterocycles. The van der Waals surface area contributed by atoms with E-state index in [4.69, 9.17) is 4.52 Å². The van der Waals surface area contributed by atoms with Crippen LogP contribution >= 0.6 is 0 Å². The average molecular weight is 276 g/mol. The molecule has 7 heteroatoms. The van der Waals surface area contributed by atoms with Crippen molar-refractivity contribution in [1.82, 2.24) is 30.0 Å². The summed E-state index contributed by atoms with van der Waals surface area (Å²) in [5.41, 5.74) is 3.31. The highest BCUT2D eigenvalue weighted by Crippen LogP contribution is 2.18. The first-order valence-corrected chi connectivity index (χ1v) is 6.81. The minimum absolute atomic E-state index is 0.779. The molecular weight excluding hydrogens is 256 g/mol. The van der Waals surface area contributed by atoms with Crippen LogP contribution < -0.4 is 0 Å². The van der Waals surface area contributed by atoms with Crippen molar-refractivity contribution in [3.05, 3.63) is 28.9 Å². The molecule has 0 fully saturated rings. The van der Waals surface area contributed by atoms with Crippen molar-refractivity contribution in [1.29, 1.82) is 0 Å². The summed E-state index contributed by atoms with van der Waals surface area (Å²) in [6.07, 6.45) is 0.987. The molecule has 0 atom stereocenters. The number of aryl methyl sites for hydroxylation is 1. The van der Waals surface area contributed by atoms with Gasteiger partial charge in [-0.1, -0.05) is 10.4 Å². The highest BCUT2D eigenvalue weighted by molar-refractivity contribution is 5.14. The van der Waals surface area contributed by atoms with Crippen molar-refractivity contribution < 1.29 is 4.52 Å². The van der Waals surface area contributed by atoms with E-state index in [-0.39, 0.29) is 0 Å². The Kier molecular flexibility index (Phi) is 3.54. The van der Waals surface area contributed by atoms with Crippen LogP contribution in [0.2, 0.25) is 0 Å². The van der Waals surface area contributed by atoms with Gasteiger partial charge in [-0.3, -0.25) is 9.58 Å². The van der Waals surface area contributed by atoms with Crippen LogP contribution in [-0.2, 0) is 33.1 Å². The van der Waals surface area contributed by atoms with Crippen molar-refractivity contribution >= 4 is 0 Å². The first-order valence-electron chi connectivity index (χ1n) is 6.81. The number of aromatic nitrogens is 4. The van der Waals surface area contributed by atoms with E-state index in [1.165, 1.54) is 5.69 Å². The largest absolute Gasteiger partial charge is 0.360 e. The van der Waals surface area contributed by atoms with Crippen LogP contribution in [0.4, 0.5) is 0 Å². The van der Waals surface area contributed by atoms with E-state index in [0.29, 0.717) is 0 Å². The van der Waals surface area contributed by atoms with Gasteiger partial charge in [-0.15, -0.1) is 5.10 Å². The fourth-order valence-electron chi connectivity index (χ4n) is 2.58. The Morgan fingerprint density at radius 2 is 2.25 bits per heavy atom. The van der Waals surface area contributed by atoms with Crippen LogP contribution in [0.15, 0.2) is 10.6 Å². The summed E-state index contributed by atoms with van der Waals surface area (Å²) < 4.78 is 7.21. The Morgan fingerprint density at radius 1 is 1.40 bits per heavy atom. The molecule has 0 aromatic carbocycles. The SMILES string of the molecule is CN(C)Cc1cc(CN2CCc3c(nnn3C)C2)no1. The number of hydrogen-bond donors (Lipinski definition) is 0. The van der Waals surface area contributed by atoms with Gasteiger partial charge in [0.15, 0.2) is 5.76 Å². The highest BCUT2D eigenvalue weighted by Gasteiger charge is 2.21. The molecule has 2 aromatic rings. The molecule has 1 aliphatic rings. The zero-order chi connectivity index (χ0) is 14.1. The third kappa shape index (κ3) is 2.73. The smallest absolute Gasteiger partial charge is 0.150 e. The summed E-state index contributed by atoms with van der Waals surface area (Å²) >= 11 is 0. The van der Waals surface area contributed by atoms with E-state index >= 15 is 0 Å². The van der Waals surface area contributed by atoms with Gasteiger partial charge in [0.05, 0.1) is 23.6 Å². The molecule has 0 aliphatic carbocycles. The number of hydrogen-bond acceptors (Lipinski definition) is 6. The third-order valence-corrected chi connectivity index (χ3v) is 3.53. The molecule has 1 aliphatic heterocycles. The molecule has 0 spiro atoms. The van der Waals surface area contributed by atoms with E-state index in [0.717, 1.165) is 49.7 Å². The summed E-state index contributed by atoms with van der Waals surface area (Å²) in [6.45, 7) is 3.41. The first kappa shape index (κ1) is 13.3. The van der Waals surface area contributed by atoms with Gasteiger partial charge in [-0.05, 0) is 14.1 Å². The molecule has 0 amide bonds. The summed E-state index contributed by atoms with van der Waals surface area (Å²) in [7, 11) is 5.98. The minimum Gasteiger partial charge on any atom is -0.360 e. The van der Waals surface area contributed by atoms with Gasteiger partial charge in [0.1, 0.15) is 0 Å². The fraction of sp³-hybridized carbons (Fsp3) is 0.615. The molecule has 0 unspecified atom stereocenters. The molecule has 108 valence electrons. The Morgan fingerprint density at radius 3 is 3.05 bits per heavy atom. The number of nitrogens with zero attached hydrogens (tertiary/aromatic N) is 6. The zero-order valence-electron chi connectivity index (χ0n) is 12.2. The quantitative estimate of drug-likeness (QED) is 0.806. The average Bonchev–Trinajstić information content (AvgIpc) is 2.97. The maximum Gasteiger partial charge on any atom is 0.150 e. The van der Waals surface area contributed by atoms with E-state index < -0.39 is 0 Å². The maximum absolute atomic E-state index is 5.34. The van der Waals surface area contributed by atoms with Crippen molar-refractivity contribution in [2.24, 2.45) is 7.05 Å². The van der Waals surface area contributed by atoms with E-state index in [2.05, 4.69) is 25.3 Å². The van der Waals surface area contributed by atoms with E-state index in [1.54, 1.807) is 0 Å². The molecule has 20 heavy (non-hydrogen) atoms. The molecule has 0 N–H and O–H groups in total. The lowest BCUT2D eigenvalue weighted by Crippen LogP contribution is -2.30. The number of rotatable bonds is 4. The predicted octanol–water partition coefficient (Wildman–Crippen LogP) is 0.423. The molecule has 3 heterocycles. The molecule has 2 aromatic heterocycles. The van der Waals surface area contributed by atoms with Crippen molar-refractivity contribution in [3.8, 4) is 0 Å². The predicted molar refractivity (Wildman–Crippen MR) is 72.7 cm³/mol. The lowest BCUT2D eigenvalue weighted by molar-refractivity contribution is 0.231. The van der Waals surface area contributed by atoms with Gasteiger partial charge < -0.3 is 9.42 Å². The van der Waals surface area contributed by atoms with Crippen molar-refractivity contribution in [3.63, 3.8) is 0 Å². The van der Waals surface area contributed by atoms with Crippen LogP contribution in [-0.4, -0.2) is 50.6 Å². The Balaban J connectivity index is 1.63.